The molecule has 0 aromatic heterocycles. The van der Waals surface area contributed by atoms with Crippen molar-refractivity contribution in [1.82, 2.24) is 4.90 Å². The number of rotatable bonds is 7. The molecule has 100 valence electrons. The zero-order valence-electron chi connectivity index (χ0n) is 11.2. The second-order valence-electron chi connectivity index (χ2n) is 4.95. The van der Waals surface area contributed by atoms with E-state index in [1.165, 1.54) is 19.4 Å². The van der Waals surface area contributed by atoms with E-state index in [9.17, 15) is 4.57 Å². The lowest BCUT2D eigenvalue weighted by Gasteiger charge is -2.34. The van der Waals surface area contributed by atoms with Gasteiger partial charge < -0.3 is 4.90 Å². The number of hydrogen-bond acceptors (Lipinski definition) is 4. The molecule has 0 spiro atoms. The smallest absolute Gasteiger partial charge is 0.301 e. The first-order valence-electron chi connectivity index (χ1n) is 6.60. The molecule has 2 atom stereocenters. The highest BCUT2D eigenvalue weighted by Crippen LogP contribution is 2.27. The van der Waals surface area contributed by atoms with Gasteiger partial charge in [0.1, 0.15) is 13.2 Å². The molecular weight excluding hydrogens is 237 g/mol. The second kappa shape index (κ2) is 8.15. The minimum absolute atomic E-state index is 0.496. The average molecular weight is 262 g/mol. The summed E-state index contributed by atoms with van der Waals surface area (Å²) in [5, 5.41) is 0. The number of likely N-dealkylation sites (tertiary alicyclic amines) is 1. The molecule has 5 heteroatoms. The van der Waals surface area contributed by atoms with Gasteiger partial charge >= 0.3 is 8.25 Å². The zero-order valence-corrected chi connectivity index (χ0v) is 12.1. The van der Waals surface area contributed by atoms with Crippen molar-refractivity contribution >= 4 is 8.25 Å². The molecule has 17 heavy (non-hydrogen) atoms. The van der Waals surface area contributed by atoms with Crippen molar-refractivity contribution in [3.63, 3.8) is 0 Å². The highest BCUT2D eigenvalue weighted by molar-refractivity contribution is 7.33. The van der Waals surface area contributed by atoms with E-state index in [4.69, 9.17) is 9.05 Å². The molecule has 0 aromatic rings. The Kier molecular flexibility index (Phi) is 7.21. The third-order valence-electron chi connectivity index (χ3n) is 3.10. The van der Waals surface area contributed by atoms with E-state index in [-0.39, 0.29) is 0 Å². The van der Waals surface area contributed by atoms with Gasteiger partial charge in [-0.3, -0.25) is 0 Å². The molecule has 4 nitrogen and oxygen atoms in total. The van der Waals surface area contributed by atoms with Crippen molar-refractivity contribution in [2.75, 3.05) is 26.3 Å². The quantitative estimate of drug-likeness (QED) is 0.660. The van der Waals surface area contributed by atoms with Crippen LogP contribution in [-0.4, -0.2) is 37.2 Å². The van der Waals surface area contributed by atoms with Crippen LogP contribution in [0, 0.1) is 5.92 Å². The maximum Gasteiger partial charge on any atom is 0.697 e. The molecule has 0 saturated carbocycles. The molecule has 0 radical (unpaired) electrons. The van der Waals surface area contributed by atoms with Gasteiger partial charge in [-0.2, -0.15) is 0 Å². The van der Waals surface area contributed by atoms with Crippen LogP contribution in [0.1, 0.15) is 40.0 Å². The normalized spacial score (nSPS) is 23.1. The molecule has 0 N–H and O–H groups in total. The molecule has 0 aromatic carbocycles. The topological polar surface area (TPSA) is 38.8 Å². The summed E-state index contributed by atoms with van der Waals surface area (Å²) in [6.45, 7) is 9.72. The maximum atomic E-state index is 11.4. The van der Waals surface area contributed by atoms with Crippen LogP contribution in [-0.2, 0) is 13.6 Å². The fourth-order valence-corrected chi connectivity index (χ4v) is 2.81. The van der Waals surface area contributed by atoms with Crippen LogP contribution >= 0.6 is 8.25 Å². The Balaban J connectivity index is 2.20. The van der Waals surface area contributed by atoms with E-state index in [1.807, 2.05) is 6.92 Å². The Bertz CT molecular complexity index is 236. The van der Waals surface area contributed by atoms with Gasteiger partial charge in [-0.15, -0.1) is 9.05 Å². The second-order valence-corrected chi connectivity index (χ2v) is 5.91. The van der Waals surface area contributed by atoms with Gasteiger partial charge in [-0.25, -0.2) is 0 Å². The summed E-state index contributed by atoms with van der Waals surface area (Å²) in [5.74, 6) is 0.496. The van der Waals surface area contributed by atoms with Crippen LogP contribution in [0.5, 0.6) is 0 Å². The minimum atomic E-state index is -1.91. The van der Waals surface area contributed by atoms with E-state index in [0.29, 0.717) is 25.2 Å². The Labute approximate surface area is 106 Å². The summed E-state index contributed by atoms with van der Waals surface area (Å²) >= 11 is 0. The van der Waals surface area contributed by atoms with E-state index < -0.39 is 8.25 Å². The summed E-state index contributed by atoms with van der Waals surface area (Å²) in [6, 6.07) is 0.586. The van der Waals surface area contributed by atoms with Crippen LogP contribution in [0.25, 0.3) is 0 Å². The number of nitrogens with zero attached hydrogens (tertiary/aromatic N) is 1. The van der Waals surface area contributed by atoms with Crippen molar-refractivity contribution in [3.8, 4) is 0 Å². The Morgan fingerprint density at radius 2 is 2.18 bits per heavy atom. The monoisotopic (exact) mass is 262 g/mol. The summed E-state index contributed by atoms with van der Waals surface area (Å²) < 4.78 is 21.7. The fourth-order valence-electron chi connectivity index (χ4n) is 2.07. The summed E-state index contributed by atoms with van der Waals surface area (Å²) in [5.41, 5.74) is 0. The van der Waals surface area contributed by atoms with Crippen molar-refractivity contribution in [2.45, 2.75) is 46.1 Å². The van der Waals surface area contributed by atoms with Crippen molar-refractivity contribution in [3.05, 3.63) is 0 Å². The molecule has 1 heterocycles. The number of hydrogen-bond donors (Lipinski definition) is 0. The largest absolute Gasteiger partial charge is 0.697 e. The molecular formula is C12H25NO3P+. The lowest BCUT2D eigenvalue weighted by atomic mass is 9.98. The third-order valence-corrected chi connectivity index (χ3v) is 3.85. The van der Waals surface area contributed by atoms with Gasteiger partial charge in [0.2, 0.25) is 0 Å². The van der Waals surface area contributed by atoms with Crippen molar-refractivity contribution in [2.24, 2.45) is 5.92 Å². The van der Waals surface area contributed by atoms with Crippen LogP contribution in [0.4, 0.5) is 0 Å². The van der Waals surface area contributed by atoms with Crippen LogP contribution in [0.15, 0.2) is 0 Å². The fraction of sp³-hybridized carbons (Fsp3) is 1.00. The molecule has 1 rings (SSSR count). The molecule has 1 aliphatic rings. The Morgan fingerprint density at radius 1 is 1.41 bits per heavy atom. The van der Waals surface area contributed by atoms with E-state index >= 15 is 0 Å². The standard InChI is InChI=1S/C12H25NO3P/c1-4-8-15-17(14)16-10-12-6-5-7-13(9-12)11(2)3/h11-12H,4-10H2,1-3H3/q+1. The van der Waals surface area contributed by atoms with E-state index in [0.717, 1.165) is 13.0 Å². The van der Waals surface area contributed by atoms with E-state index in [2.05, 4.69) is 18.7 Å². The average Bonchev–Trinajstić information content (AvgIpc) is 2.34. The molecule has 2 unspecified atom stereocenters. The van der Waals surface area contributed by atoms with Crippen LogP contribution in [0.3, 0.4) is 0 Å². The van der Waals surface area contributed by atoms with Gasteiger partial charge in [0.05, 0.1) is 0 Å². The number of piperidine rings is 1. The maximum absolute atomic E-state index is 11.4. The van der Waals surface area contributed by atoms with Gasteiger partial charge in [-0.1, -0.05) is 6.92 Å². The predicted octanol–water partition coefficient (Wildman–Crippen LogP) is 3.21. The lowest BCUT2D eigenvalue weighted by molar-refractivity contribution is 0.101. The summed E-state index contributed by atoms with van der Waals surface area (Å²) in [7, 11) is -1.91. The van der Waals surface area contributed by atoms with Gasteiger partial charge in [-0.05, 0) is 39.7 Å². The minimum Gasteiger partial charge on any atom is -0.301 e. The first-order valence-corrected chi connectivity index (χ1v) is 7.70. The third kappa shape index (κ3) is 5.91. The predicted molar refractivity (Wildman–Crippen MR) is 69.2 cm³/mol. The first-order chi connectivity index (χ1) is 8.13. The molecule has 0 aliphatic carbocycles. The lowest BCUT2D eigenvalue weighted by Crippen LogP contribution is -2.41. The Morgan fingerprint density at radius 3 is 2.82 bits per heavy atom. The van der Waals surface area contributed by atoms with Gasteiger partial charge in [0.25, 0.3) is 0 Å². The van der Waals surface area contributed by atoms with Crippen LogP contribution < -0.4 is 0 Å². The SMILES string of the molecule is CCCO[P+](=O)OCC1CCCN(C(C)C)C1. The van der Waals surface area contributed by atoms with Crippen molar-refractivity contribution in [1.29, 1.82) is 0 Å². The molecule has 0 bridgehead atoms. The van der Waals surface area contributed by atoms with Crippen LogP contribution in [0.2, 0.25) is 0 Å². The van der Waals surface area contributed by atoms with E-state index in [1.54, 1.807) is 0 Å². The first kappa shape index (κ1) is 15.0. The Hall–Kier alpha value is -0.0200. The highest BCUT2D eigenvalue weighted by Gasteiger charge is 2.27. The highest BCUT2D eigenvalue weighted by atomic mass is 31.1. The molecule has 1 saturated heterocycles. The molecule has 0 amide bonds. The zero-order chi connectivity index (χ0) is 12.7. The molecule has 1 aliphatic heterocycles. The van der Waals surface area contributed by atoms with Gasteiger partial charge in [0, 0.05) is 23.1 Å². The molecule has 1 fully saturated rings. The summed E-state index contributed by atoms with van der Waals surface area (Å²) in [6.07, 6.45) is 3.24. The summed E-state index contributed by atoms with van der Waals surface area (Å²) in [4.78, 5) is 2.46. The van der Waals surface area contributed by atoms with Crippen molar-refractivity contribution < 1.29 is 13.6 Å². The van der Waals surface area contributed by atoms with Gasteiger partial charge in [0.15, 0.2) is 0 Å².